The molecule has 0 spiro atoms. The molecule has 1 radical (unpaired) electrons. The van der Waals surface area contributed by atoms with Crippen LogP contribution in [0, 0.1) is 6.92 Å². The molecule has 0 saturated heterocycles. The zero-order valence-electron chi connectivity index (χ0n) is 3.35. The SMILES string of the molecule is [CH2]c1bocc1. The molecule has 0 aromatic carbocycles. The van der Waals surface area contributed by atoms with Crippen LogP contribution in [0.5, 0.6) is 0 Å². The van der Waals surface area contributed by atoms with Gasteiger partial charge in [-0.15, -0.1) is 0 Å². The van der Waals surface area contributed by atoms with E-state index < -0.39 is 0 Å². The van der Waals surface area contributed by atoms with Crippen molar-refractivity contribution >= 4 is 7.13 Å². The molecule has 29 valence electrons. The molecule has 0 saturated carbocycles. The van der Waals surface area contributed by atoms with Gasteiger partial charge in [0.25, 0.3) is 0 Å². The Morgan fingerprint density at radius 2 is 2.67 bits per heavy atom. The van der Waals surface area contributed by atoms with E-state index in [0.29, 0.717) is 0 Å². The average molecular weight is 78.9 g/mol. The second kappa shape index (κ2) is 1.29. The molecule has 0 aliphatic carbocycles. The van der Waals surface area contributed by atoms with Crippen molar-refractivity contribution in [2.45, 2.75) is 0 Å². The van der Waals surface area contributed by atoms with E-state index >= 15 is 0 Å². The van der Waals surface area contributed by atoms with Crippen molar-refractivity contribution in [2.75, 3.05) is 0 Å². The normalized spacial score (nSPS) is 8.17. The molecule has 0 aliphatic heterocycles. The van der Waals surface area contributed by atoms with Crippen LogP contribution in [0.15, 0.2) is 16.7 Å². The summed E-state index contributed by atoms with van der Waals surface area (Å²) in [7, 11) is 1.60. The molecule has 1 nitrogen and oxygen atoms in total. The Hall–Kier alpha value is -0.525. The monoisotopic (exact) mass is 79.0 g/mol. The van der Waals surface area contributed by atoms with Gasteiger partial charge in [0.2, 0.25) is 0 Å². The van der Waals surface area contributed by atoms with E-state index in [0.717, 1.165) is 5.46 Å². The Labute approximate surface area is 37.2 Å². The van der Waals surface area contributed by atoms with Crippen molar-refractivity contribution in [1.29, 1.82) is 0 Å². The molecule has 0 unspecified atom stereocenters. The summed E-state index contributed by atoms with van der Waals surface area (Å²) < 4.78 is 4.65. The fraction of sp³-hybridized carbons (Fsp3) is 0. The fourth-order valence-corrected chi connectivity index (χ4v) is 0.293. The van der Waals surface area contributed by atoms with Crippen molar-refractivity contribution in [1.82, 2.24) is 0 Å². The average Bonchev–Trinajstić information content (AvgIpc) is 1.86. The third-order valence-electron chi connectivity index (χ3n) is 0.580. The number of hydrogen-bond acceptors (Lipinski definition) is 1. The van der Waals surface area contributed by atoms with E-state index in [1.165, 1.54) is 0 Å². The third kappa shape index (κ3) is 0.508. The van der Waals surface area contributed by atoms with Gasteiger partial charge < -0.3 is 0 Å². The molecule has 0 atom stereocenters. The summed E-state index contributed by atoms with van der Waals surface area (Å²) in [5, 5.41) is 0. The zero-order valence-corrected chi connectivity index (χ0v) is 3.35. The molecular formula is C4H4BO. The van der Waals surface area contributed by atoms with Crippen LogP contribution in [0.3, 0.4) is 0 Å². The Balaban J connectivity index is 3.05. The van der Waals surface area contributed by atoms with Gasteiger partial charge in [0.15, 0.2) is 0 Å². The molecule has 0 fully saturated rings. The van der Waals surface area contributed by atoms with Gasteiger partial charge >= 0.3 is 36.2 Å². The summed E-state index contributed by atoms with van der Waals surface area (Å²) in [6, 6.07) is 1.81. The fourth-order valence-electron chi connectivity index (χ4n) is 0.293. The van der Waals surface area contributed by atoms with Crippen molar-refractivity contribution in [3.05, 3.63) is 24.7 Å². The summed E-state index contributed by atoms with van der Waals surface area (Å²) in [5.41, 5.74) is 0.926. The summed E-state index contributed by atoms with van der Waals surface area (Å²) in [4.78, 5) is 0. The molecule has 0 N–H and O–H groups in total. The van der Waals surface area contributed by atoms with Crippen molar-refractivity contribution in [3.63, 3.8) is 0 Å². The Morgan fingerprint density at radius 1 is 1.83 bits per heavy atom. The molecule has 0 bridgehead atoms. The quantitative estimate of drug-likeness (QED) is 0.448. The predicted molar refractivity (Wildman–Crippen MR) is 24.5 cm³/mol. The molecule has 0 aliphatic rings. The van der Waals surface area contributed by atoms with Crippen LogP contribution in [-0.2, 0) is 0 Å². The second-order valence-electron chi connectivity index (χ2n) is 1.13. The van der Waals surface area contributed by atoms with Gasteiger partial charge in [-0.3, -0.25) is 0 Å². The molecule has 0 amide bonds. The second-order valence-corrected chi connectivity index (χ2v) is 1.13. The van der Waals surface area contributed by atoms with Crippen molar-refractivity contribution in [2.24, 2.45) is 0 Å². The first-order valence-corrected chi connectivity index (χ1v) is 1.74. The molecule has 6 heavy (non-hydrogen) atoms. The maximum atomic E-state index is 4.65. The first-order chi connectivity index (χ1) is 2.89. The third-order valence-corrected chi connectivity index (χ3v) is 0.580. The van der Waals surface area contributed by atoms with Crippen molar-refractivity contribution in [3.8, 4) is 0 Å². The molecular weight excluding hydrogens is 74.9 g/mol. The minimum atomic E-state index is 0.926. The van der Waals surface area contributed by atoms with E-state index in [9.17, 15) is 0 Å². The molecule has 1 rings (SSSR count). The molecule has 1 aromatic heterocycles. The van der Waals surface area contributed by atoms with Gasteiger partial charge in [-0.05, 0) is 0 Å². The summed E-state index contributed by atoms with van der Waals surface area (Å²) >= 11 is 0. The molecule has 1 heterocycles. The van der Waals surface area contributed by atoms with E-state index in [-0.39, 0.29) is 0 Å². The first-order valence-electron chi connectivity index (χ1n) is 1.74. The number of hydrogen-bond donors (Lipinski definition) is 0. The van der Waals surface area contributed by atoms with Crippen LogP contribution in [0.25, 0.3) is 0 Å². The zero-order chi connectivity index (χ0) is 4.41. The maximum absolute atomic E-state index is 4.65. The van der Waals surface area contributed by atoms with Gasteiger partial charge in [-0.1, -0.05) is 0 Å². The first kappa shape index (κ1) is 3.66. The van der Waals surface area contributed by atoms with Crippen LogP contribution in [-0.4, -0.2) is 7.13 Å². The van der Waals surface area contributed by atoms with Crippen LogP contribution >= 0.6 is 0 Å². The molecule has 2 heteroatoms. The summed E-state index contributed by atoms with van der Waals surface area (Å²) in [6.45, 7) is 3.59. The van der Waals surface area contributed by atoms with Crippen LogP contribution in [0.4, 0.5) is 0 Å². The van der Waals surface area contributed by atoms with Gasteiger partial charge in [-0.25, -0.2) is 0 Å². The Kier molecular flexibility index (Phi) is 0.786. The van der Waals surface area contributed by atoms with E-state index in [1.54, 1.807) is 19.5 Å². The van der Waals surface area contributed by atoms with Gasteiger partial charge in [0.05, 0.1) is 0 Å². The van der Waals surface area contributed by atoms with Crippen LogP contribution in [0.2, 0.25) is 0 Å². The van der Waals surface area contributed by atoms with Crippen molar-refractivity contribution < 1.29 is 4.33 Å². The topological polar surface area (TPSA) is 13.1 Å². The standard InChI is InChI=1S/C4H4BO/c1-4-2-3-6-5-4/h2-3H,1H2. The minimum absolute atomic E-state index is 0.926. The van der Waals surface area contributed by atoms with Gasteiger partial charge in [0.1, 0.15) is 0 Å². The van der Waals surface area contributed by atoms with Crippen LogP contribution in [0.1, 0.15) is 5.46 Å². The summed E-state index contributed by atoms with van der Waals surface area (Å²) in [6.07, 6.45) is 1.60. The Morgan fingerprint density at radius 3 is 2.83 bits per heavy atom. The van der Waals surface area contributed by atoms with Crippen LogP contribution < -0.4 is 0 Å². The van der Waals surface area contributed by atoms with E-state index in [2.05, 4.69) is 11.3 Å². The molecule has 1 aromatic rings. The van der Waals surface area contributed by atoms with E-state index in [4.69, 9.17) is 0 Å². The predicted octanol–water partition coefficient (Wildman–Crippen LogP) is 0.800. The number of rotatable bonds is 0. The van der Waals surface area contributed by atoms with Gasteiger partial charge in [-0.2, -0.15) is 0 Å². The summed E-state index contributed by atoms with van der Waals surface area (Å²) in [5.74, 6) is 0. The Bertz CT molecular complexity index is 111. The van der Waals surface area contributed by atoms with Gasteiger partial charge in [0, 0.05) is 0 Å². The van der Waals surface area contributed by atoms with E-state index in [1.807, 2.05) is 0 Å².